The van der Waals surface area contributed by atoms with E-state index in [2.05, 4.69) is 17.4 Å². The van der Waals surface area contributed by atoms with Crippen LogP contribution in [0.15, 0.2) is 48.5 Å². The molecule has 114 valence electrons. The Labute approximate surface area is 135 Å². The molecule has 22 heavy (non-hydrogen) atoms. The fourth-order valence-electron chi connectivity index (χ4n) is 2.52. The lowest BCUT2D eigenvalue weighted by atomic mass is 10.0. The van der Waals surface area contributed by atoms with Gasteiger partial charge in [0.25, 0.3) is 0 Å². The van der Waals surface area contributed by atoms with Gasteiger partial charge in [-0.05, 0) is 53.2 Å². The number of carbonyl (C=O) groups excluding carboxylic acids is 1. The molecular weight excluding hydrogens is 294 g/mol. The highest BCUT2D eigenvalue weighted by molar-refractivity contribution is 7.99. The zero-order valence-corrected chi connectivity index (χ0v) is 13.2. The Morgan fingerprint density at radius 2 is 1.82 bits per heavy atom. The number of nitrogens with one attached hydrogen (secondary N) is 1. The van der Waals surface area contributed by atoms with E-state index in [0.717, 1.165) is 29.8 Å². The summed E-state index contributed by atoms with van der Waals surface area (Å²) in [5.41, 5.74) is 4.53. The second kappa shape index (κ2) is 7.36. The minimum Gasteiger partial charge on any atom is -0.444 e. The maximum absolute atomic E-state index is 11.9. The molecule has 0 radical (unpaired) electrons. The molecule has 1 aliphatic rings. The van der Waals surface area contributed by atoms with Gasteiger partial charge in [-0.25, -0.2) is 4.79 Å². The molecule has 2 aromatic carbocycles. The van der Waals surface area contributed by atoms with Crippen LogP contribution >= 0.6 is 11.8 Å². The largest absolute Gasteiger partial charge is 0.444 e. The van der Waals surface area contributed by atoms with Gasteiger partial charge in [0.1, 0.15) is 6.61 Å². The summed E-state index contributed by atoms with van der Waals surface area (Å²) in [5.74, 6) is 2.33. The lowest BCUT2D eigenvalue weighted by Gasteiger charge is -2.10. The summed E-state index contributed by atoms with van der Waals surface area (Å²) in [6.07, 6.45) is 1.76. The van der Waals surface area contributed by atoms with Gasteiger partial charge in [0.05, 0.1) is 0 Å². The molecule has 0 atom stereocenters. The van der Waals surface area contributed by atoms with Gasteiger partial charge in [-0.1, -0.05) is 36.4 Å². The smallest absolute Gasteiger partial charge is 0.411 e. The number of carbonyl (C=O) groups is 1. The molecular formula is C18H19NO2S. The standard InChI is InChI=1S/C18H19NO2S/c20-18(21-13-14-4-2-1-3-5-14)19-17-7-6-15-8-10-22-11-9-16(15)12-17/h1-7,12H,8-11,13H2,(H,19,20). The molecule has 0 saturated heterocycles. The van der Waals surface area contributed by atoms with Crippen LogP contribution < -0.4 is 5.32 Å². The van der Waals surface area contributed by atoms with Gasteiger partial charge in [-0.2, -0.15) is 11.8 Å². The quantitative estimate of drug-likeness (QED) is 0.920. The van der Waals surface area contributed by atoms with Gasteiger partial charge in [-0.3, -0.25) is 5.32 Å². The van der Waals surface area contributed by atoms with Crippen LogP contribution in [0, 0.1) is 0 Å². The van der Waals surface area contributed by atoms with Crippen molar-refractivity contribution in [2.75, 3.05) is 16.8 Å². The SMILES string of the molecule is O=C(Nc1ccc2c(c1)CCSCC2)OCc1ccccc1. The number of benzene rings is 2. The molecule has 0 saturated carbocycles. The van der Waals surface area contributed by atoms with Crippen LogP contribution in [0.4, 0.5) is 10.5 Å². The molecule has 4 heteroatoms. The van der Waals surface area contributed by atoms with Gasteiger partial charge in [0.15, 0.2) is 0 Å². The highest BCUT2D eigenvalue weighted by Gasteiger charge is 2.10. The van der Waals surface area contributed by atoms with E-state index < -0.39 is 6.09 Å². The Bertz CT molecular complexity index is 643. The van der Waals surface area contributed by atoms with Gasteiger partial charge in [-0.15, -0.1) is 0 Å². The van der Waals surface area contributed by atoms with E-state index >= 15 is 0 Å². The molecule has 0 unspecified atom stereocenters. The first kappa shape index (κ1) is 15.0. The van der Waals surface area contributed by atoms with E-state index in [0.29, 0.717) is 0 Å². The van der Waals surface area contributed by atoms with E-state index in [1.165, 1.54) is 16.9 Å². The monoisotopic (exact) mass is 313 g/mol. The van der Waals surface area contributed by atoms with Crippen molar-refractivity contribution in [2.24, 2.45) is 0 Å². The normalized spacial score (nSPS) is 13.8. The third-order valence-corrected chi connectivity index (χ3v) is 4.68. The third kappa shape index (κ3) is 4.04. The van der Waals surface area contributed by atoms with Gasteiger partial charge in [0.2, 0.25) is 0 Å². The maximum Gasteiger partial charge on any atom is 0.411 e. The van der Waals surface area contributed by atoms with Crippen molar-refractivity contribution in [1.82, 2.24) is 0 Å². The van der Waals surface area contributed by atoms with E-state index in [9.17, 15) is 4.79 Å². The molecule has 0 fully saturated rings. The van der Waals surface area contributed by atoms with Crippen molar-refractivity contribution in [3.8, 4) is 0 Å². The minimum absolute atomic E-state index is 0.286. The predicted molar refractivity (Wildman–Crippen MR) is 91.4 cm³/mol. The Hall–Kier alpha value is -1.94. The van der Waals surface area contributed by atoms with Gasteiger partial charge >= 0.3 is 6.09 Å². The van der Waals surface area contributed by atoms with Crippen molar-refractivity contribution in [3.05, 3.63) is 65.2 Å². The van der Waals surface area contributed by atoms with Gasteiger partial charge in [0, 0.05) is 5.69 Å². The predicted octanol–water partition coefficient (Wildman–Crippen LogP) is 4.27. The number of hydrogen-bond donors (Lipinski definition) is 1. The second-order valence-electron chi connectivity index (χ2n) is 5.28. The molecule has 1 aliphatic heterocycles. The highest BCUT2D eigenvalue weighted by Crippen LogP contribution is 2.23. The van der Waals surface area contributed by atoms with Crippen LogP contribution in [0.25, 0.3) is 0 Å². The van der Waals surface area contributed by atoms with Gasteiger partial charge < -0.3 is 4.74 Å². The highest BCUT2D eigenvalue weighted by atomic mass is 32.2. The van der Waals surface area contributed by atoms with Crippen LogP contribution in [0.5, 0.6) is 0 Å². The first-order valence-corrected chi connectivity index (χ1v) is 8.64. The fraction of sp³-hybridized carbons (Fsp3) is 0.278. The summed E-state index contributed by atoms with van der Waals surface area (Å²) in [6.45, 7) is 0.286. The average molecular weight is 313 g/mol. The van der Waals surface area contributed by atoms with Crippen LogP contribution in [0.2, 0.25) is 0 Å². The average Bonchev–Trinajstić information content (AvgIpc) is 2.79. The molecule has 1 N–H and O–H groups in total. The summed E-state index contributed by atoms with van der Waals surface area (Å²) < 4.78 is 5.25. The first-order chi connectivity index (χ1) is 10.8. The number of ether oxygens (including phenoxy) is 1. The van der Waals surface area contributed by atoms with Crippen LogP contribution in [-0.2, 0) is 24.2 Å². The van der Waals surface area contributed by atoms with Crippen molar-refractivity contribution in [1.29, 1.82) is 0 Å². The number of hydrogen-bond acceptors (Lipinski definition) is 3. The number of fused-ring (bicyclic) bond motifs is 1. The first-order valence-electron chi connectivity index (χ1n) is 7.48. The Morgan fingerprint density at radius 3 is 2.64 bits per heavy atom. The fourth-order valence-corrected chi connectivity index (χ4v) is 3.46. The molecule has 1 heterocycles. The lowest BCUT2D eigenvalue weighted by Crippen LogP contribution is -2.14. The van der Waals surface area contributed by atoms with Crippen molar-refractivity contribution < 1.29 is 9.53 Å². The topological polar surface area (TPSA) is 38.3 Å². The van der Waals surface area contributed by atoms with Crippen LogP contribution in [-0.4, -0.2) is 17.6 Å². The molecule has 0 aromatic heterocycles. The summed E-state index contributed by atoms with van der Waals surface area (Å²) >= 11 is 1.99. The summed E-state index contributed by atoms with van der Waals surface area (Å²) in [7, 11) is 0. The minimum atomic E-state index is -0.410. The Kier molecular flexibility index (Phi) is 5.01. The summed E-state index contributed by atoms with van der Waals surface area (Å²) in [5, 5.41) is 2.81. The summed E-state index contributed by atoms with van der Waals surface area (Å²) in [4.78, 5) is 11.9. The molecule has 3 nitrogen and oxygen atoms in total. The van der Waals surface area contributed by atoms with Crippen molar-refractivity contribution in [3.63, 3.8) is 0 Å². The number of rotatable bonds is 3. The summed E-state index contributed by atoms with van der Waals surface area (Å²) in [6, 6.07) is 15.8. The molecule has 0 aliphatic carbocycles. The maximum atomic E-state index is 11.9. The van der Waals surface area contributed by atoms with E-state index in [-0.39, 0.29) is 6.61 Å². The number of aryl methyl sites for hydroxylation is 2. The van der Waals surface area contributed by atoms with E-state index in [1.807, 2.05) is 48.2 Å². The van der Waals surface area contributed by atoms with Crippen LogP contribution in [0.3, 0.4) is 0 Å². The number of anilines is 1. The lowest BCUT2D eigenvalue weighted by molar-refractivity contribution is 0.155. The number of amides is 1. The van der Waals surface area contributed by atoms with Crippen molar-refractivity contribution >= 4 is 23.5 Å². The molecule has 2 aromatic rings. The Morgan fingerprint density at radius 1 is 1.05 bits per heavy atom. The second-order valence-corrected chi connectivity index (χ2v) is 6.51. The number of thioether (sulfide) groups is 1. The zero-order chi connectivity index (χ0) is 15.2. The molecule has 0 bridgehead atoms. The molecule has 0 spiro atoms. The molecule has 3 rings (SSSR count). The third-order valence-electron chi connectivity index (χ3n) is 3.70. The van der Waals surface area contributed by atoms with Crippen LogP contribution in [0.1, 0.15) is 16.7 Å². The zero-order valence-electron chi connectivity index (χ0n) is 12.4. The van der Waals surface area contributed by atoms with E-state index in [4.69, 9.17) is 4.74 Å². The molecule has 1 amide bonds. The Balaban J connectivity index is 1.58. The van der Waals surface area contributed by atoms with Crippen molar-refractivity contribution in [2.45, 2.75) is 19.4 Å². The van der Waals surface area contributed by atoms with E-state index in [1.54, 1.807) is 0 Å².